The van der Waals surface area contributed by atoms with E-state index in [1.807, 2.05) is 29.7 Å². The third-order valence-electron chi connectivity index (χ3n) is 3.54. The number of aromatic nitrogens is 2. The van der Waals surface area contributed by atoms with Gasteiger partial charge in [-0.15, -0.1) is 11.8 Å². The van der Waals surface area contributed by atoms with Crippen LogP contribution in [0.4, 0.5) is 5.82 Å². The number of thioether (sulfide) groups is 1. The molecule has 1 aromatic carbocycles. The lowest BCUT2D eigenvalue weighted by molar-refractivity contribution is -0.115. The van der Waals surface area contributed by atoms with Gasteiger partial charge in [-0.2, -0.15) is 4.99 Å². The minimum absolute atomic E-state index is 0.132. The van der Waals surface area contributed by atoms with Crippen molar-refractivity contribution in [2.45, 2.75) is 20.4 Å². The number of anilines is 1. The number of fused-ring (bicyclic) bond motifs is 1. The highest BCUT2D eigenvalue weighted by Crippen LogP contribution is 2.22. The third kappa shape index (κ3) is 5.08. The minimum atomic E-state index is -0.266. The highest BCUT2D eigenvalue weighted by molar-refractivity contribution is 9.10. The Kier molecular flexibility index (Phi) is 6.51. The highest BCUT2D eigenvalue weighted by Gasteiger charge is 2.10. The molecule has 0 bridgehead atoms. The van der Waals surface area contributed by atoms with Crippen molar-refractivity contribution >= 4 is 66.9 Å². The molecule has 2 heterocycles. The molecular weight excluding hydrogens is 452 g/mol. The van der Waals surface area contributed by atoms with Gasteiger partial charge >= 0.3 is 0 Å². The summed E-state index contributed by atoms with van der Waals surface area (Å²) in [6.45, 7) is 4.48. The fraction of sp³-hybridized carbons (Fsp3) is 0.294. The van der Waals surface area contributed by atoms with Crippen LogP contribution >= 0.6 is 39.0 Å². The summed E-state index contributed by atoms with van der Waals surface area (Å²) < 4.78 is 8.94. The first-order valence-electron chi connectivity index (χ1n) is 8.13. The van der Waals surface area contributed by atoms with E-state index in [4.69, 9.17) is 4.52 Å². The van der Waals surface area contributed by atoms with E-state index in [0.717, 1.165) is 21.2 Å². The van der Waals surface area contributed by atoms with Gasteiger partial charge in [-0.05, 0) is 32.0 Å². The Morgan fingerprint density at radius 3 is 2.89 bits per heavy atom. The summed E-state index contributed by atoms with van der Waals surface area (Å²) in [5.74, 6) is 0.753. The van der Waals surface area contributed by atoms with Crippen LogP contribution < -0.4 is 10.1 Å². The number of rotatable bonds is 6. The molecule has 0 radical (unpaired) electrons. The van der Waals surface area contributed by atoms with Gasteiger partial charge in [-0.25, -0.2) is 0 Å². The van der Waals surface area contributed by atoms with Crippen molar-refractivity contribution < 1.29 is 14.1 Å². The van der Waals surface area contributed by atoms with Crippen LogP contribution in [-0.4, -0.2) is 33.0 Å². The number of hydrogen-bond acceptors (Lipinski definition) is 6. The first-order valence-corrected chi connectivity index (χ1v) is 10.9. The van der Waals surface area contributed by atoms with Gasteiger partial charge in [-0.1, -0.05) is 32.4 Å². The van der Waals surface area contributed by atoms with Crippen LogP contribution in [0.25, 0.3) is 10.2 Å². The average Bonchev–Trinajstić information content (AvgIpc) is 3.16. The summed E-state index contributed by atoms with van der Waals surface area (Å²) >= 11 is 6.14. The van der Waals surface area contributed by atoms with Crippen LogP contribution in [0.2, 0.25) is 0 Å². The van der Waals surface area contributed by atoms with Crippen LogP contribution in [0.5, 0.6) is 0 Å². The maximum Gasteiger partial charge on any atom is 0.258 e. The number of benzene rings is 1. The molecule has 0 aliphatic heterocycles. The van der Waals surface area contributed by atoms with E-state index in [0.29, 0.717) is 16.4 Å². The number of nitrogens with one attached hydrogen (secondary N) is 1. The van der Waals surface area contributed by atoms with Gasteiger partial charge < -0.3 is 14.4 Å². The molecule has 0 spiro atoms. The number of halogens is 1. The van der Waals surface area contributed by atoms with Crippen molar-refractivity contribution in [2.75, 3.05) is 16.8 Å². The van der Waals surface area contributed by atoms with Crippen LogP contribution in [-0.2, 0) is 16.1 Å². The number of hydrogen-bond donors (Lipinski definition) is 1. The minimum Gasteiger partial charge on any atom is -0.360 e. The zero-order valence-corrected chi connectivity index (χ0v) is 17.9. The highest BCUT2D eigenvalue weighted by atomic mass is 79.9. The lowest BCUT2D eigenvalue weighted by Crippen LogP contribution is -2.18. The van der Waals surface area contributed by atoms with Crippen molar-refractivity contribution in [3.8, 4) is 0 Å². The van der Waals surface area contributed by atoms with Crippen LogP contribution in [0.1, 0.15) is 12.7 Å². The molecule has 1 N–H and O–H groups in total. The molecule has 142 valence electrons. The van der Waals surface area contributed by atoms with E-state index in [1.54, 1.807) is 13.0 Å². The van der Waals surface area contributed by atoms with E-state index in [9.17, 15) is 9.59 Å². The van der Waals surface area contributed by atoms with E-state index in [-0.39, 0.29) is 23.3 Å². The van der Waals surface area contributed by atoms with E-state index < -0.39 is 0 Å². The molecule has 0 aliphatic carbocycles. The first-order chi connectivity index (χ1) is 13.0. The Labute approximate surface area is 172 Å². The Morgan fingerprint density at radius 2 is 2.19 bits per heavy atom. The van der Waals surface area contributed by atoms with Crippen molar-refractivity contribution in [3.63, 3.8) is 0 Å². The summed E-state index contributed by atoms with van der Waals surface area (Å²) in [4.78, 5) is 28.9. The molecule has 10 heteroatoms. The third-order valence-corrected chi connectivity index (χ3v) is 5.99. The van der Waals surface area contributed by atoms with Crippen molar-refractivity contribution in [2.24, 2.45) is 4.99 Å². The van der Waals surface area contributed by atoms with Crippen LogP contribution in [0, 0.1) is 6.92 Å². The van der Waals surface area contributed by atoms with Crippen molar-refractivity contribution in [1.29, 1.82) is 0 Å². The zero-order valence-electron chi connectivity index (χ0n) is 14.7. The second kappa shape index (κ2) is 8.85. The van der Waals surface area contributed by atoms with Gasteiger partial charge in [0.05, 0.1) is 21.7 Å². The normalized spacial score (nSPS) is 11.9. The number of nitrogens with zero attached hydrogens (tertiary/aromatic N) is 3. The number of carbonyl (C=O) groups excluding carboxylic acids is 2. The number of aryl methyl sites for hydroxylation is 2. The summed E-state index contributed by atoms with van der Waals surface area (Å²) in [6.07, 6.45) is 0. The predicted molar refractivity (Wildman–Crippen MR) is 111 cm³/mol. The molecule has 2 amide bonds. The second-order valence-electron chi connectivity index (χ2n) is 5.61. The lowest BCUT2D eigenvalue weighted by Gasteiger charge is -2.01. The SMILES string of the molecule is CCn1c(=NC(=O)CSCC(=O)Nc2cc(C)on2)sc2cc(Br)ccc21. The smallest absolute Gasteiger partial charge is 0.258 e. The fourth-order valence-electron chi connectivity index (χ4n) is 2.41. The van der Waals surface area contributed by atoms with Gasteiger partial charge in [0, 0.05) is 17.1 Å². The Hall–Kier alpha value is -1.91. The summed E-state index contributed by atoms with van der Waals surface area (Å²) in [5.41, 5.74) is 1.05. The quantitative estimate of drug-likeness (QED) is 0.596. The van der Waals surface area contributed by atoms with Gasteiger partial charge in [0.15, 0.2) is 10.6 Å². The number of thiazole rings is 1. The molecule has 7 nitrogen and oxygen atoms in total. The molecule has 0 fully saturated rings. The molecule has 0 atom stereocenters. The fourth-order valence-corrected chi connectivity index (χ4v) is 4.67. The van der Waals surface area contributed by atoms with Crippen LogP contribution in [0.3, 0.4) is 0 Å². The number of carbonyl (C=O) groups is 2. The Balaban J connectivity index is 1.61. The molecule has 0 saturated carbocycles. The monoisotopic (exact) mass is 468 g/mol. The lowest BCUT2D eigenvalue weighted by atomic mass is 10.3. The van der Waals surface area contributed by atoms with Gasteiger partial charge in [0.25, 0.3) is 5.91 Å². The average molecular weight is 469 g/mol. The standard InChI is InChI=1S/C17H17BrN4O3S2/c1-3-22-12-5-4-11(18)7-13(12)27-17(22)20-16(24)9-26-8-15(23)19-14-6-10(2)25-21-14/h4-7H,3,8-9H2,1-2H3,(H,19,21,23). The van der Waals surface area contributed by atoms with Gasteiger partial charge in [0.1, 0.15) is 5.76 Å². The molecule has 0 unspecified atom stereocenters. The van der Waals surface area contributed by atoms with Crippen molar-refractivity contribution in [1.82, 2.24) is 9.72 Å². The predicted octanol–water partition coefficient (Wildman–Crippen LogP) is 3.58. The summed E-state index contributed by atoms with van der Waals surface area (Å²) in [7, 11) is 0. The first kappa shape index (κ1) is 19.8. The topological polar surface area (TPSA) is 89.5 Å². The van der Waals surface area contributed by atoms with E-state index in [2.05, 4.69) is 31.4 Å². The molecule has 2 aromatic heterocycles. The molecule has 3 aromatic rings. The zero-order chi connectivity index (χ0) is 19.4. The molecule has 0 saturated heterocycles. The number of amides is 2. The summed E-state index contributed by atoms with van der Waals surface area (Å²) in [6, 6.07) is 7.62. The van der Waals surface area contributed by atoms with Crippen LogP contribution in [0.15, 0.2) is 38.3 Å². The van der Waals surface area contributed by atoms with Gasteiger partial charge in [0.2, 0.25) is 5.91 Å². The molecule has 27 heavy (non-hydrogen) atoms. The van der Waals surface area contributed by atoms with Gasteiger partial charge in [-0.3, -0.25) is 9.59 Å². The van der Waals surface area contributed by atoms with Crippen molar-refractivity contribution in [3.05, 3.63) is 39.3 Å². The Bertz CT molecular complexity index is 1050. The second-order valence-corrected chi connectivity index (χ2v) is 8.52. The molecule has 3 rings (SSSR count). The molecule has 0 aliphatic rings. The maximum atomic E-state index is 12.2. The summed E-state index contributed by atoms with van der Waals surface area (Å²) in [5, 5.41) is 6.31. The largest absolute Gasteiger partial charge is 0.360 e. The Morgan fingerprint density at radius 1 is 1.37 bits per heavy atom. The van der Waals surface area contributed by atoms with E-state index in [1.165, 1.54) is 23.1 Å². The molecular formula is C17H17BrN4O3S2. The van der Waals surface area contributed by atoms with E-state index >= 15 is 0 Å². The maximum absolute atomic E-state index is 12.2.